The lowest BCUT2D eigenvalue weighted by Gasteiger charge is -2.19. The summed E-state index contributed by atoms with van der Waals surface area (Å²) in [7, 11) is 1.48. The van der Waals surface area contributed by atoms with E-state index >= 15 is 4.39 Å². The fourth-order valence-corrected chi connectivity index (χ4v) is 4.87. The van der Waals surface area contributed by atoms with E-state index in [1.165, 1.54) is 70.1 Å². The Bertz CT molecular complexity index is 1940. The third kappa shape index (κ3) is 5.32. The highest BCUT2D eigenvalue weighted by Crippen LogP contribution is 2.34. The first-order valence-electron chi connectivity index (χ1n) is 12.6. The van der Waals surface area contributed by atoms with Gasteiger partial charge in [-0.05, 0) is 40.3 Å². The monoisotopic (exact) mass is 629 g/mol. The molecule has 6 rings (SSSR count). The highest BCUT2D eigenvalue weighted by atomic mass is 35.5. The van der Waals surface area contributed by atoms with Crippen LogP contribution in [0.3, 0.4) is 0 Å². The number of pyridine rings is 2. The van der Waals surface area contributed by atoms with Crippen molar-refractivity contribution in [3.05, 3.63) is 106 Å². The van der Waals surface area contributed by atoms with Gasteiger partial charge < -0.3 is 5.21 Å². The van der Waals surface area contributed by atoms with E-state index in [4.69, 9.17) is 11.6 Å². The van der Waals surface area contributed by atoms with E-state index in [1.807, 2.05) is 0 Å². The maximum Gasteiger partial charge on any atom is 0.433 e. The summed E-state index contributed by atoms with van der Waals surface area (Å²) in [6, 6.07) is 6.83. The van der Waals surface area contributed by atoms with Crippen LogP contribution in [0.1, 0.15) is 23.0 Å². The minimum Gasteiger partial charge on any atom is -0.618 e. The second kappa shape index (κ2) is 11.1. The normalized spacial score (nSPS) is 12.5. The molecule has 6 aromatic rings. The predicted octanol–water partition coefficient (Wildman–Crippen LogP) is 4.13. The minimum absolute atomic E-state index is 0.0307. The highest BCUT2D eigenvalue weighted by molar-refractivity contribution is 6.31. The van der Waals surface area contributed by atoms with Crippen molar-refractivity contribution >= 4 is 11.6 Å². The number of tetrazole rings is 1. The summed E-state index contributed by atoms with van der Waals surface area (Å²) >= 11 is 6.05. The Labute approximate surface area is 248 Å². The lowest BCUT2D eigenvalue weighted by Crippen LogP contribution is -2.36. The summed E-state index contributed by atoms with van der Waals surface area (Å²) in [5, 5.41) is 35.6. The summed E-state index contributed by atoms with van der Waals surface area (Å²) in [5.41, 5.74) is -0.0463. The molecule has 1 aromatic carbocycles. The van der Waals surface area contributed by atoms with Gasteiger partial charge in [-0.25, -0.2) is 9.07 Å². The van der Waals surface area contributed by atoms with Crippen molar-refractivity contribution in [3.8, 4) is 28.1 Å². The van der Waals surface area contributed by atoms with Crippen LogP contribution in [-0.4, -0.2) is 50.0 Å². The molecular weight excluding hydrogens is 613 g/mol. The van der Waals surface area contributed by atoms with E-state index in [0.29, 0.717) is 10.3 Å². The van der Waals surface area contributed by atoms with Crippen molar-refractivity contribution in [1.29, 1.82) is 0 Å². The molecule has 1 atom stereocenters. The van der Waals surface area contributed by atoms with Crippen LogP contribution in [0.25, 0.3) is 28.1 Å². The van der Waals surface area contributed by atoms with E-state index in [0.717, 1.165) is 18.5 Å². The molecule has 0 N–H and O–H groups in total. The first-order chi connectivity index (χ1) is 21.0. The molecule has 0 saturated heterocycles. The Morgan fingerprint density at radius 3 is 2.48 bits per heavy atom. The fourth-order valence-electron chi connectivity index (χ4n) is 4.71. The van der Waals surface area contributed by atoms with Gasteiger partial charge in [0.1, 0.15) is 23.8 Å². The Hall–Kier alpha value is -5.32. The minimum atomic E-state index is -4.64. The second-order valence-electron chi connectivity index (χ2n) is 9.51. The summed E-state index contributed by atoms with van der Waals surface area (Å²) in [4.78, 5) is 3.51. The number of hydrogen-bond acceptors (Lipinski definition) is 8. The molecule has 0 aliphatic heterocycles. The molecule has 5 aromatic heterocycles. The van der Waals surface area contributed by atoms with Gasteiger partial charge in [0, 0.05) is 37.5 Å². The number of rotatable bonds is 7. The van der Waals surface area contributed by atoms with Gasteiger partial charge >= 0.3 is 6.18 Å². The van der Waals surface area contributed by atoms with Crippen LogP contribution < -0.4 is 4.73 Å². The zero-order valence-corrected chi connectivity index (χ0v) is 23.0. The van der Waals surface area contributed by atoms with Gasteiger partial charge in [0.05, 0.1) is 28.0 Å². The molecule has 5 heterocycles. The SMILES string of the molecule is Cn1nnc(F)c1-c1cnn(C(Cc2ccc(C(F)(F)F)nc2)c2ccc(-c3c(-n4cnnn4)ccc(Cl)c3F)c[n+]2[O-])c1. The van der Waals surface area contributed by atoms with E-state index in [2.05, 4.69) is 35.9 Å². The average Bonchev–Trinajstić information content (AvgIpc) is 3.75. The van der Waals surface area contributed by atoms with E-state index in [1.54, 1.807) is 0 Å². The average molecular weight is 630 g/mol. The van der Waals surface area contributed by atoms with Crippen LogP contribution in [0.15, 0.2) is 67.5 Å². The molecule has 18 heteroatoms. The molecule has 0 aliphatic rings. The number of alkyl halides is 3. The lowest BCUT2D eigenvalue weighted by atomic mass is 10.0. The number of nitrogens with zero attached hydrogens (tertiary/aromatic N) is 11. The van der Waals surface area contributed by atoms with Gasteiger partial charge in [-0.3, -0.25) is 9.67 Å². The molecule has 0 spiro atoms. The molecule has 0 fully saturated rings. The van der Waals surface area contributed by atoms with Crippen molar-refractivity contribution in [3.63, 3.8) is 0 Å². The van der Waals surface area contributed by atoms with Gasteiger partial charge in [0.15, 0.2) is 12.0 Å². The molecule has 0 amide bonds. The Morgan fingerprint density at radius 1 is 1.02 bits per heavy atom. The van der Waals surface area contributed by atoms with Crippen molar-refractivity contribution in [2.45, 2.75) is 18.6 Å². The van der Waals surface area contributed by atoms with Crippen molar-refractivity contribution in [2.24, 2.45) is 7.05 Å². The second-order valence-corrected chi connectivity index (χ2v) is 9.92. The predicted molar refractivity (Wildman–Crippen MR) is 142 cm³/mol. The van der Waals surface area contributed by atoms with Crippen LogP contribution >= 0.6 is 11.6 Å². The van der Waals surface area contributed by atoms with Gasteiger partial charge in [-0.2, -0.15) is 32.1 Å². The molecule has 0 saturated carbocycles. The Kier molecular flexibility index (Phi) is 7.24. The summed E-state index contributed by atoms with van der Waals surface area (Å²) < 4.78 is 73.2. The van der Waals surface area contributed by atoms with Crippen LogP contribution in [0.5, 0.6) is 0 Å². The first kappa shape index (κ1) is 28.8. The number of benzene rings is 1. The lowest BCUT2D eigenvalue weighted by molar-refractivity contribution is -0.615. The first-order valence-corrected chi connectivity index (χ1v) is 13.0. The van der Waals surface area contributed by atoms with Crippen LogP contribution in [0.4, 0.5) is 22.0 Å². The molecule has 1 unspecified atom stereocenters. The van der Waals surface area contributed by atoms with E-state index in [9.17, 15) is 22.8 Å². The van der Waals surface area contributed by atoms with Crippen molar-refractivity contribution in [2.75, 3.05) is 0 Å². The number of hydrogen-bond donors (Lipinski definition) is 0. The highest BCUT2D eigenvalue weighted by Gasteiger charge is 2.33. The fraction of sp³-hybridized carbons (Fsp3) is 0.154. The van der Waals surface area contributed by atoms with E-state index < -0.39 is 29.7 Å². The van der Waals surface area contributed by atoms with Crippen LogP contribution in [0, 0.1) is 17.0 Å². The molecule has 0 bridgehead atoms. The van der Waals surface area contributed by atoms with E-state index in [-0.39, 0.29) is 45.2 Å². The number of halogens is 6. The maximum atomic E-state index is 15.3. The molecule has 0 aliphatic carbocycles. The Balaban J connectivity index is 1.44. The van der Waals surface area contributed by atoms with Crippen molar-refractivity contribution in [1.82, 2.24) is 50.0 Å². The largest absolute Gasteiger partial charge is 0.618 e. The molecule has 0 radical (unpaired) electrons. The van der Waals surface area contributed by atoms with Gasteiger partial charge in [0.2, 0.25) is 5.69 Å². The maximum absolute atomic E-state index is 15.3. The standard InChI is InChI=1S/C26H17ClF5N11O/c1-40-24(25(29)36-38-40)16-10-35-41(11-16)20(8-14-2-7-21(33-9-14)26(30,31)32)18-5-3-15(12-43(18)44)22-19(42-13-34-37-39-42)6-4-17(27)23(22)28/h2-7,9-13,20H,8H2,1H3. The summed E-state index contributed by atoms with van der Waals surface area (Å²) in [6.07, 6.45) is 1.52. The zero-order valence-electron chi connectivity index (χ0n) is 22.2. The molecule has 44 heavy (non-hydrogen) atoms. The van der Waals surface area contributed by atoms with Crippen LogP contribution in [-0.2, 0) is 19.6 Å². The number of aryl methyl sites for hydroxylation is 1. The summed E-state index contributed by atoms with van der Waals surface area (Å²) in [6.45, 7) is 0. The topological polar surface area (TPSA) is 132 Å². The number of aromatic nitrogens is 11. The van der Waals surface area contributed by atoms with Crippen LogP contribution in [0.2, 0.25) is 5.02 Å². The van der Waals surface area contributed by atoms with Gasteiger partial charge in [-0.15, -0.1) is 5.10 Å². The quantitative estimate of drug-likeness (QED) is 0.146. The third-order valence-corrected chi connectivity index (χ3v) is 7.06. The van der Waals surface area contributed by atoms with Gasteiger partial charge in [-0.1, -0.05) is 28.0 Å². The molecule has 12 nitrogen and oxygen atoms in total. The van der Waals surface area contributed by atoms with Gasteiger partial charge in [0.25, 0.3) is 5.95 Å². The summed E-state index contributed by atoms with van der Waals surface area (Å²) in [5.74, 6) is -1.66. The molecular formula is C26H17ClF5N11O. The zero-order chi connectivity index (χ0) is 31.2. The molecule has 224 valence electrons. The Morgan fingerprint density at radius 2 is 1.84 bits per heavy atom. The third-order valence-electron chi connectivity index (χ3n) is 6.77. The van der Waals surface area contributed by atoms with Crippen molar-refractivity contribution < 1.29 is 26.7 Å². The smallest absolute Gasteiger partial charge is 0.433 e.